The van der Waals surface area contributed by atoms with Crippen LogP contribution in [-0.4, -0.2) is 18.7 Å². The smallest absolute Gasteiger partial charge is 0.356 e. The molecule has 2 N–H and O–H groups in total. The first-order chi connectivity index (χ1) is 15.2. The molecule has 0 saturated carbocycles. The lowest BCUT2D eigenvalue weighted by molar-refractivity contribution is -0.136. The van der Waals surface area contributed by atoms with Gasteiger partial charge < -0.3 is 10.6 Å². The number of halogens is 3. The van der Waals surface area contributed by atoms with Crippen LogP contribution in [0.2, 0.25) is 0 Å². The molecule has 0 unspecified atom stereocenters. The molecule has 0 rings (SSSR count). The first kappa shape index (κ1) is 30.8. The van der Waals surface area contributed by atoms with Gasteiger partial charge >= 0.3 is 6.18 Å². The third kappa shape index (κ3) is 19.0. The Labute approximate surface area is 199 Å². The molecule has 33 heavy (non-hydrogen) atoms. The van der Waals surface area contributed by atoms with E-state index in [1.165, 1.54) is 0 Å². The highest BCUT2D eigenvalue weighted by atomic mass is 19.4. The summed E-state index contributed by atoms with van der Waals surface area (Å²) in [7, 11) is 0. The second-order valence-corrected chi connectivity index (χ2v) is 9.86. The largest absolute Gasteiger partial charge is 0.389 e. The molecule has 0 aliphatic heterocycles. The van der Waals surface area contributed by atoms with Crippen LogP contribution < -0.4 is 10.6 Å². The summed E-state index contributed by atoms with van der Waals surface area (Å²) in [5, 5.41) is 6.41. The van der Waals surface area contributed by atoms with Crippen LogP contribution in [0.3, 0.4) is 0 Å². The predicted octanol–water partition coefficient (Wildman–Crippen LogP) is 8.21. The normalized spacial score (nSPS) is 14.6. The molecule has 0 saturated heterocycles. The Kier molecular flexibility index (Phi) is 14.5. The Morgan fingerprint density at radius 2 is 1.76 bits per heavy atom. The first-order valence-corrected chi connectivity index (χ1v) is 11.7. The van der Waals surface area contributed by atoms with Gasteiger partial charge in [-0.25, -0.2) is 4.99 Å². The van der Waals surface area contributed by atoms with Gasteiger partial charge in [-0.3, -0.25) is 0 Å². The molecule has 0 aliphatic rings. The third-order valence-corrected chi connectivity index (χ3v) is 4.67. The molecule has 0 bridgehead atoms. The summed E-state index contributed by atoms with van der Waals surface area (Å²) in [6.07, 6.45) is 9.59. The highest BCUT2D eigenvalue weighted by Crippen LogP contribution is 2.24. The van der Waals surface area contributed by atoms with Gasteiger partial charge in [0.1, 0.15) is 0 Å². The number of guanidine groups is 1. The fourth-order valence-electron chi connectivity index (χ4n) is 2.83. The van der Waals surface area contributed by atoms with Crippen molar-refractivity contribution in [2.45, 2.75) is 86.7 Å². The number of aliphatic imine (C=N–C) groups is 1. The number of hydrogen-bond acceptors (Lipinski definition) is 1. The van der Waals surface area contributed by atoms with E-state index in [-0.39, 0.29) is 12.3 Å². The van der Waals surface area contributed by atoms with Gasteiger partial charge in [-0.1, -0.05) is 76.6 Å². The maximum absolute atomic E-state index is 12.4. The van der Waals surface area contributed by atoms with E-state index >= 15 is 0 Å². The van der Waals surface area contributed by atoms with Crippen LogP contribution in [0.1, 0.15) is 80.6 Å². The molecule has 0 amide bonds. The number of nitrogens with zero attached hydrogens (tertiary/aromatic N) is 1. The number of nitrogens with one attached hydrogen (secondary N) is 2. The Morgan fingerprint density at radius 3 is 2.30 bits per heavy atom. The zero-order valence-electron chi connectivity index (χ0n) is 21.6. The van der Waals surface area contributed by atoms with Crippen LogP contribution >= 0.6 is 0 Å². The zero-order valence-corrected chi connectivity index (χ0v) is 21.6. The maximum Gasteiger partial charge on any atom is 0.389 e. The van der Waals surface area contributed by atoms with Crippen LogP contribution in [0.4, 0.5) is 13.2 Å². The van der Waals surface area contributed by atoms with Gasteiger partial charge in [0.15, 0.2) is 0 Å². The maximum atomic E-state index is 12.4. The Hall–Kier alpha value is -2.24. The highest BCUT2D eigenvalue weighted by Gasteiger charge is 2.26. The van der Waals surface area contributed by atoms with Gasteiger partial charge in [-0.2, -0.15) is 13.2 Å². The lowest BCUT2D eigenvalue weighted by atomic mass is 9.90. The first-order valence-electron chi connectivity index (χ1n) is 11.7. The van der Waals surface area contributed by atoms with Crippen LogP contribution in [0.15, 0.2) is 65.0 Å². The summed E-state index contributed by atoms with van der Waals surface area (Å²) in [5.74, 6) is 0.328. The summed E-state index contributed by atoms with van der Waals surface area (Å²) >= 11 is 0. The molecule has 0 radical (unpaired) electrons. The molecular weight excluding hydrogens is 423 g/mol. The average Bonchev–Trinajstić information content (AvgIpc) is 2.67. The summed E-state index contributed by atoms with van der Waals surface area (Å²) < 4.78 is 37.3. The molecule has 3 nitrogen and oxygen atoms in total. The number of unbranched alkanes of at least 4 members (excludes halogenated alkanes) is 1. The number of alkyl halides is 3. The molecule has 0 aromatic rings. The number of rotatable bonds is 12. The van der Waals surface area contributed by atoms with Crippen molar-refractivity contribution < 1.29 is 13.2 Å². The van der Waals surface area contributed by atoms with Crippen molar-refractivity contribution in [3.05, 3.63) is 60.0 Å². The molecular formula is C27H44F3N3. The summed E-state index contributed by atoms with van der Waals surface area (Å²) in [4.78, 5) is 4.63. The van der Waals surface area contributed by atoms with Crippen molar-refractivity contribution in [1.82, 2.24) is 10.6 Å². The van der Waals surface area contributed by atoms with Crippen molar-refractivity contribution in [2.75, 3.05) is 6.54 Å². The molecule has 0 aliphatic carbocycles. The minimum Gasteiger partial charge on any atom is -0.356 e. The molecule has 0 fully saturated rings. The minimum absolute atomic E-state index is 0.0535. The van der Waals surface area contributed by atoms with E-state index in [1.54, 1.807) is 19.2 Å². The minimum atomic E-state index is -4.13. The molecule has 6 heteroatoms. The molecule has 0 aromatic heterocycles. The molecule has 1 atom stereocenters. The number of allylic oxidation sites excluding steroid dienone is 6. The van der Waals surface area contributed by atoms with Gasteiger partial charge in [0, 0.05) is 19.2 Å². The fraction of sp³-hybridized carbons (Fsp3) is 0.593. The van der Waals surface area contributed by atoms with Crippen molar-refractivity contribution >= 4 is 5.96 Å². The van der Waals surface area contributed by atoms with E-state index in [9.17, 15) is 13.2 Å². The van der Waals surface area contributed by atoms with E-state index < -0.39 is 12.6 Å². The van der Waals surface area contributed by atoms with Gasteiger partial charge in [0.05, 0.1) is 5.70 Å². The quantitative estimate of drug-likeness (QED) is 0.131. The van der Waals surface area contributed by atoms with Gasteiger partial charge in [-0.05, 0) is 56.9 Å². The fourth-order valence-corrected chi connectivity index (χ4v) is 2.83. The Bertz CT molecular complexity index is 729. The summed E-state index contributed by atoms with van der Waals surface area (Å²) in [6, 6.07) is 0. The van der Waals surface area contributed by atoms with Gasteiger partial charge in [0.2, 0.25) is 5.96 Å². The summed E-state index contributed by atoms with van der Waals surface area (Å²) in [6.45, 7) is 19.3. The Balaban J connectivity index is 5.31. The number of hydrogen-bond donors (Lipinski definition) is 2. The molecule has 0 heterocycles. The third-order valence-electron chi connectivity index (χ3n) is 4.67. The van der Waals surface area contributed by atoms with E-state index in [0.29, 0.717) is 17.1 Å². The van der Waals surface area contributed by atoms with Crippen LogP contribution in [0, 0.1) is 11.3 Å². The SMILES string of the molecule is C=C(/N=C(\N/C=C/[C@H](C)CCC(F)(F)F)NCCCCC(C)(C)C)/C(C=C(C)C)=C/C=C/C. The molecule has 0 aromatic carbocycles. The second-order valence-electron chi connectivity index (χ2n) is 9.86. The van der Waals surface area contributed by atoms with E-state index in [4.69, 9.17) is 0 Å². The standard InChI is InChI=1S/C27H44F3N3/c1-9-10-13-24(20-21(2)3)23(5)33-25(31-18-12-11-16-26(6,7)8)32-19-15-22(4)14-17-27(28,29)30/h9-10,13,15,19-20,22H,5,11-12,14,16-18H2,1-4,6-8H3,(H2,31,32,33)/b10-9+,19-15+,24-13+/t22-/m1/s1. The monoisotopic (exact) mass is 467 g/mol. The highest BCUT2D eigenvalue weighted by molar-refractivity contribution is 5.82. The molecule has 188 valence electrons. The van der Waals surface area contributed by atoms with Crippen molar-refractivity contribution in [3.8, 4) is 0 Å². The lowest BCUT2D eigenvalue weighted by Gasteiger charge is -2.18. The lowest BCUT2D eigenvalue weighted by Crippen LogP contribution is -2.35. The topological polar surface area (TPSA) is 36.4 Å². The van der Waals surface area contributed by atoms with Gasteiger partial charge in [0.25, 0.3) is 0 Å². The van der Waals surface area contributed by atoms with E-state index in [0.717, 1.165) is 37.0 Å². The predicted molar refractivity (Wildman–Crippen MR) is 137 cm³/mol. The zero-order chi connectivity index (χ0) is 25.5. The van der Waals surface area contributed by atoms with Crippen LogP contribution in [0.5, 0.6) is 0 Å². The van der Waals surface area contributed by atoms with Crippen molar-refractivity contribution in [2.24, 2.45) is 16.3 Å². The second kappa shape index (κ2) is 15.6. The van der Waals surface area contributed by atoms with Crippen LogP contribution in [-0.2, 0) is 0 Å². The summed E-state index contributed by atoms with van der Waals surface area (Å²) in [5.41, 5.74) is 2.92. The molecule has 0 spiro atoms. The van der Waals surface area contributed by atoms with Crippen molar-refractivity contribution in [3.63, 3.8) is 0 Å². The Morgan fingerprint density at radius 1 is 1.09 bits per heavy atom. The van der Waals surface area contributed by atoms with E-state index in [2.05, 4.69) is 43.0 Å². The van der Waals surface area contributed by atoms with E-state index in [1.807, 2.05) is 45.1 Å². The van der Waals surface area contributed by atoms with Crippen molar-refractivity contribution in [1.29, 1.82) is 0 Å². The van der Waals surface area contributed by atoms with Crippen LogP contribution in [0.25, 0.3) is 0 Å². The van der Waals surface area contributed by atoms with Gasteiger partial charge in [-0.15, -0.1) is 0 Å². The average molecular weight is 468 g/mol.